The summed E-state index contributed by atoms with van der Waals surface area (Å²) in [7, 11) is -1.07. The van der Waals surface area contributed by atoms with Crippen LogP contribution in [0.2, 0.25) is 0 Å². The number of carbonyl (C=O) groups is 1. The van der Waals surface area contributed by atoms with Gasteiger partial charge in [0.25, 0.3) is 0 Å². The van der Waals surface area contributed by atoms with Crippen molar-refractivity contribution in [2.75, 3.05) is 12.4 Å². The summed E-state index contributed by atoms with van der Waals surface area (Å²) in [5.41, 5.74) is 0.955. The normalized spacial score (nSPS) is 11.9. The molecule has 0 aliphatic carbocycles. The summed E-state index contributed by atoms with van der Waals surface area (Å²) in [5.74, 6) is -0.670. The molecule has 2 N–H and O–H groups in total. The van der Waals surface area contributed by atoms with Gasteiger partial charge in [0.15, 0.2) is 0 Å². The van der Waals surface area contributed by atoms with Gasteiger partial charge >= 0.3 is 5.97 Å². The van der Waals surface area contributed by atoms with Gasteiger partial charge < -0.3 is 14.9 Å². The number of aryl methyl sites for hydroxylation is 1. The molecule has 0 radical (unpaired) electrons. The molecule has 2 rings (SSSR count). The number of aromatic hydroxyl groups is 1. The van der Waals surface area contributed by atoms with E-state index in [0.717, 1.165) is 10.5 Å². The molecule has 1 atom stereocenters. The maximum atomic E-state index is 12.1. The zero-order valence-electron chi connectivity index (χ0n) is 12.7. The highest BCUT2D eigenvalue weighted by molar-refractivity contribution is 7.85. The molecule has 0 saturated carbocycles. The Hall–Kier alpha value is -2.34. The van der Waals surface area contributed by atoms with E-state index in [0.29, 0.717) is 24.5 Å². The average molecular weight is 334 g/mol. The minimum Gasteiger partial charge on any atom is -0.507 e. The summed E-state index contributed by atoms with van der Waals surface area (Å²) in [6, 6.07) is 11.6. The lowest BCUT2D eigenvalue weighted by Crippen LogP contribution is -2.05. The van der Waals surface area contributed by atoms with Crippen LogP contribution in [0.15, 0.2) is 47.4 Å². The van der Waals surface area contributed by atoms with E-state index in [1.54, 1.807) is 0 Å². The van der Waals surface area contributed by atoms with Gasteiger partial charge in [-0.3, -0.25) is 4.21 Å². The Bertz CT molecular complexity index is 709. The molecule has 2 aromatic rings. The van der Waals surface area contributed by atoms with Crippen molar-refractivity contribution in [1.29, 1.82) is 0 Å². The predicted octanol–water partition coefficient (Wildman–Crippen LogP) is 2.98. The number of ether oxygens (including phenoxy) is 1. The molecule has 0 aliphatic heterocycles. The molecule has 0 amide bonds. The van der Waals surface area contributed by atoms with Crippen molar-refractivity contribution in [3.8, 4) is 11.5 Å². The summed E-state index contributed by atoms with van der Waals surface area (Å²) in [6.07, 6.45) is 0.585. The van der Waals surface area contributed by atoms with Crippen molar-refractivity contribution < 1.29 is 24.0 Å². The molecule has 0 spiro atoms. The summed E-state index contributed by atoms with van der Waals surface area (Å²) >= 11 is 0. The number of benzene rings is 2. The smallest absolute Gasteiger partial charge is 0.339 e. The van der Waals surface area contributed by atoms with Gasteiger partial charge in [0.05, 0.1) is 17.4 Å². The zero-order chi connectivity index (χ0) is 16.8. The van der Waals surface area contributed by atoms with Gasteiger partial charge in [-0.1, -0.05) is 17.7 Å². The second-order valence-electron chi connectivity index (χ2n) is 5.05. The molecule has 0 fully saturated rings. The molecule has 0 aromatic heterocycles. The topological polar surface area (TPSA) is 83.8 Å². The number of carboxylic acid groups (broad SMARTS) is 1. The Morgan fingerprint density at radius 2 is 1.87 bits per heavy atom. The Balaban J connectivity index is 1.81. The number of phenols is 1. The Labute approximate surface area is 137 Å². The number of hydrogen-bond acceptors (Lipinski definition) is 4. The van der Waals surface area contributed by atoms with Gasteiger partial charge in [-0.25, -0.2) is 4.79 Å². The molecule has 1 unspecified atom stereocenters. The van der Waals surface area contributed by atoms with Gasteiger partial charge in [0, 0.05) is 16.7 Å². The Kier molecular flexibility index (Phi) is 5.76. The summed E-state index contributed by atoms with van der Waals surface area (Å²) in [5, 5.41) is 18.4. The van der Waals surface area contributed by atoms with E-state index in [1.807, 2.05) is 31.2 Å². The first kappa shape index (κ1) is 17.0. The third-order valence-corrected chi connectivity index (χ3v) is 4.68. The highest BCUT2D eigenvalue weighted by Gasteiger charge is 2.10. The first-order valence-electron chi connectivity index (χ1n) is 7.11. The van der Waals surface area contributed by atoms with Crippen molar-refractivity contribution in [2.45, 2.75) is 18.2 Å². The van der Waals surface area contributed by atoms with Gasteiger partial charge in [0.1, 0.15) is 17.1 Å². The van der Waals surface area contributed by atoms with Crippen LogP contribution in [0.4, 0.5) is 0 Å². The lowest BCUT2D eigenvalue weighted by Gasteiger charge is -2.08. The van der Waals surface area contributed by atoms with Crippen LogP contribution in [-0.4, -0.2) is 32.8 Å². The van der Waals surface area contributed by atoms with Crippen LogP contribution in [0, 0.1) is 6.92 Å². The monoisotopic (exact) mass is 334 g/mol. The largest absolute Gasteiger partial charge is 0.507 e. The highest BCUT2D eigenvalue weighted by Crippen LogP contribution is 2.23. The van der Waals surface area contributed by atoms with Crippen molar-refractivity contribution in [3.05, 3.63) is 53.6 Å². The third-order valence-electron chi connectivity index (χ3n) is 3.23. The van der Waals surface area contributed by atoms with Crippen LogP contribution in [-0.2, 0) is 10.8 Å². The SMILES string of the molecule is Cc1ccc(S(=O)CCCOc2ccc(C(=O)O)c(O)c2)cc1. The summed E-state index contributed by atoms with van der Waals surface area (Å²) in [4.78, 5) is 11.6. The minimum atomic E-state index is -1.19. The van der Waals surface area contributed by atoms with Crippen molar-refractivity contribution in [1.82, 2.24) is 0 Å². The quantitative estimate of drug-likeness (QED) is 0.761. The van der Waals surface area contributed by atoms with E-state index in [2.05, 4.69) is 0 Å². The van der Waals surface area contributed by atoms with E-state index < -0.39 is 16.8 Å². The molecule has 0 heterocycles. The predicted molar refractivity (Wildman–Crippen MR) is 87.6 cm³/mol. The van der Waals surface area contributed by atoms with Crippen molar-refractivity contribution in [2.24, 2.45) is 0 Å². The van der Waals surface area contributed by atoms with Crippen molar-refractivity contribution in [3.63, 3.8) is 0 Å². The second-order valence-corrected chi connectivity index (χ2v) is 6.62. The lowest BCUT2D eigenvalue weighted by atomic mass is 10.2. The van der Waals surface area contributed by atoms with Gasteiger partial charge in [-0.2, -0.15) is 0 Å². The van der Waals surface area contributed by atoms with E-state index >= 15 is 0 Å². The van der Waals surface area contributed by atoms with Crippen LogP contribution < -0.4 is 4.74 Å². The molecule has 6 heteroatoms. The Morgan fingerprint density at radius 3 is 2.48 bits per heavy atom. The first-order chi connectivity index (χ1) is 11.0. The van der Waals surface area contributed by atoms with Crippen molar-refractivity contribution >= 4 is 16.8 Å². The fraction of sp³-hybridized carbons (Fsp3) is 0.235. The number of aromatic carboxylic acids is 1. The highest BCUT2D eigenvalue weighted by atomic mass is 32.2. The average Bonchev–Trinajstić information content (AvgIpc) is 2.51. The van der Waals surface area contributed by atoms with E-state index in [4.69, 9.17) is 9.84 Å². The van der Waals surface area contributed by atoms with Gasteiger partial charge in [-0.15, -0.1) is 0 Å². The van der Waals surface area contributed by atoms with Gasteiger partial charge in [-0.05, 0) is 37.6 Å². The molecular formula is C17H18O5S. The second kappa shape index (κ2) is 7.78. The van der Waals surface area contributed by atoms with E-state index in [1.165, 1.54) is 18.2 Å². The lowest BCUT2D eigenvalue weighted by molar-refractivity contribution is 0.0693. The summed E-state index contributed by atoms with van der Waals surface area (Å²) in [6.45, 7) is 2.31. The number of rotatable bonds is 7. The van der Waals surface area contributed by atoms with Crippen LogP contribution in [0.1, 0.15) is 22.3 Å². The first-order valence-corrected chi connectivity index (χ1v) is 8.43. The molecule has 5 nitrogen and oxygen atoms in total. The molecular weight excluding hydrogens is 316 g/mol. The Morgan fingerprint density at radius 1 is 1.17 bits per heavy atom. The number of carboxylic acids is 1. The maximum absolute atomic E-state index is 12.1. The third kappa shape index (κ3) is 4.82. The molecule has 0 aliphatic rings. The standard InChI is InChI=1S/C17H18O5S/c1-12-3-6-14(7-4-12)23(21)10-2-9-22-13-5-8-15(17(19)20)16(18)11-13/h3-8,11,18H,2,9-10H2,1H3,(H,19,20). The minimum absolute atomic E-state index is 0.169. The van der Waals surface area contributed by atoms with Crippen LogP contribution in [0.5, 0.6) is 11.5 Å². The molecule has 23 heavy (non-hydrogen) atoms. The number of hydrogen-bond donors (Lipinski definition) is 2. The molecule has 0 saturated heterocycles. The van der Waals surface area contributed by atoms with E-state index in [9.17, 15) is 14.1 Å². The van der Waals surface area contributed by atoms with Crippen LogP contribution in [0.25, 0.3) is 0 Å². The molecule has 122 valence electrons. The molecule has 2 aromatic carbocycles. The van der Waals surface area contributed by atoms with Crippen LogP contribution >= 0.6 is 0 Å². The fourth-order valence-corrected chi connectivity index (χ4v) is 3.03. The van der Waals surface area contributed by atoms with Crippen LogP contribution in [0.3, 0.4) is 0 Å². The van der Waals surface area contributed by atoms with Gasteiger partial charge in [0.2, 0.25) is 0 Å². The zero-order valence-corrected chi connectivity index (χ0v) is 13.5. The van der Waals surface area contributed by atoms with E-state index in [-0.39, 0.29) is 11.3 Å². The fourth-order valence-electron chi connectivity index (χ4n) is 1.97. The summed E-state index contributed by atoms with van der Waals surface area (Å²) < 4.78 is 17.5. The maximum Gasteiger partial charge on any atom is 0.339 e. The molecule has 0 bridgehead atoms.